The highest BCUT2D eigenvalue weighted by Crippen LogP contribution is 2.30. The fraction of sp³-hybridized carbons (Fsp3) is 0.462. The van der Waals surface area contributed by atoms with Gasteiger partial charge in [0.05, 0.1) is 18.4 Å². The summed E-state index contributed by atoms with van der Waals surface area (Å²) in [6, 6.07) is -0.659. The number of amides is 3. The van der Waals surface area contributed by atoms with Crippen LogP contribution in [0.4, 0.5) is 0 Å². The number of piperidine rings is 1. The quantitative estimate of drug-likeness (QED) is 0.645. The van der Waals surface area contributed by atoms with E-state index >= 15 is 0 Å². The summed E-state index contributed by atoms with van der Waals surface area (Å²) in [7, 11) is 1.53. The molecule has 8 heteroatoms. The monoisotopic (exact) mass is 311 g/mol. The van der Waals surface area contributed by atoms with Crippen molar-refractivity contribution in [1.82, 2.24) is 10.6 Å². The van der Waals surface area contributed by atoms with Crippen molar-refractivity contribution in [2.45, 2.75) is 31.8 Å². The van der Waals surface area contributed by atoms with Gasteiger partial charge >= 0.3 is 0 Å². The fourth-order valence-corrected chi connectivity index (χ4v) is 3.08. The molecule has 0 aromatic carbocycles. The first-order valence-electron chi connectivity index (χ1n) is 6.51. The van der Waals surface area contributed by atoms with Crippen molar-refractivity contribution in [3.8, 4) is 5.75 Å². The van der Waals surface area contributed by atoms with Crippen LogP contribution in [0.1, 0.15) is 23.3 Å². The molecule has 4 N–H and O–H groups in total. The van der Waals surface area contributed by atoms with E-state index in [9.17, 15) is 14.4 Å². The summed E-state index contributed by atoms with van der Waals surface area (Å²) in [6.07, 6.45) is 0.665. The number of ether oxygens (including phenoxy) is 1. The van der Waals surface area contributed by atoms with Gasteiger partial charge < -0.3 is 15.8 Å². The Hall–Kier alpha value is -1.93. The zero-order valence-corrected chi connectivity index (χ0v) is 12.4. The van der Waals surface area contributed by atoms with Gasteiger partial charge in [-0.1, -0.05) is 0 Å². The van der Waals surface area contributed by atoms with E-state index in [1.54, 1.807) is 0 Å². The number of rotatable bonds is 5. The number of thiophene rings is 1. The van der Waals surface area contributed by atoms with Crippen LogP contribution in [0, 0.1) is 0 Å². The van der Waals surface area contributed by atoms with E-state index in [-0.39, 0.29) is 24.7 Å². The minimum absolute atomic E-state index is 0.109. The average Bonchev–Trinajstić information content (AvgIpc) is 2.83. The molecule has 0 saturated carbocycles. The molecule has 1 unspecified atom stereocenters. The van der Waals surface area contributed by atoms with Gasteiger partial charge in [-0.3, -0.25) is 19.7 Å². The van der Waals surface area contributed by atoms with Gasteiger partial charge in [-0.05, 0) is 11.8 Å². The van der Waals surface area contributed by atoms with Crippen molar-refractivity contribution in [1.29, 1.82) is 0 Å². The smallest absolute Gasteiger partial charge is 0.249 e. The van der Waals surface area contributed by atoms with Crippen LogP contribution in [-0.2, 0) is 27.3 Å². The summed E-state index contributed by atoms with van der Waals surface area (Å²) >= 11 is 1.44. The minimum atomic E-state index is -0.659. The predicted molar refractivity (Wildman–Crippen MR) is 76.8 cm³/mol. The minimum Gasteiger partial charge on any atom is -0.495 e. The Labute approximate surface area is 125 Å². The van der Waals surface area contributed by atoms with E-state index in [0.29, 0.717) is 18.7 Å². The van der Waals surface area contributed by atoms with Gasteiger partial charge in [0.15, 0.2) is 0 Å². The number of nitrogens with two attached hydrogens (primary N) is 1. The molecule has 0 bridgehead atoms. The molecule has 1 saturated heterocycles. The van der Waals surface area contributed by atoms with Crippen LogP contribution < -0.4 is 21.1 Å². The van der Waals surface area contributed by atoms with Crippen molar-refractivity contribution in [2.75, 3.05) is 7.11 Å². The Morgan fingerprint density at radius 3 is 2.95 bits per heavy atom. The van der Waals surface area contributed by atoms with Gasteiger partial charge in [-0.25, -0.2) is 0 Å². The molecule has 2 heterocycles. The Bertz CT molecular complexity index is 570. The first-order valence-corrected chi connectivity index (χ1v) is 7.39. The summed E-state index contributed by atoms with van der Waals surface area (Å²) in [4.78, 5) is 35.5. The number of hydrogen-bond donors (Lipinski definition) is 3. The SMILES string of the molecule is COc1c(CC(=O)NC2CCC(=O)NC2=O)csc1CN. The lowest BCUT2D eigenvalue weighted by Gasteiger charge is -2.21. The van der Waals surface area contributed by atoms with Gasteiger partial charge in [-0.2, -0.15) is 0 Å². The summed E-state index contributed by atoms with van der Waals surface area (Å²) in [5.41, 5.74) is 6.34. The van der Waals surface area contributed by atoms with Crippen molar-refractivity contribution >= 4 is 29.1 Å². The second-order valence-electron chi connectivity index (χ2n) is 4.67. The highest BCUT2D eigenvalue weighted by Gasteiger charge is 2.28. The maximum atomic E-state index is 12.0. The van der Waals surface area contributed by atoms with Crippen LogP contribution in [0.3, 0.4) is 0 Å². The van der Waals surface area contributed by atoms with Gasteiger partial charge in [-0.15, -0.1) is 11.3 Å². The lowest BCUT2D eigenvalue weighted by atomic mass is 10.1. The third kappa shape index (κ3) is 3.59. The highest BCUT2D eigenvalue weighted by molar-refractivity contribution is 7.10. The fourth-order valence-electron chi connectivity index (χ4n) is 2.19. The van der Waals surface area contributed by atoms with Gasteiger partial charge in [0.25, 0.3) is 0 Å². The topological polar surface area (TPSA) is 111 Å². The predicted octanol–water partition coefficient (Wildman–Crippen LogP) is -0.321. The van der Waals surface area contributed by atoms with Crippen LogP contribution in [0.2, 0.25) is 0 Å². The van der Waals surface area contributed by atoms with Crippen LogP contribution in [-0.4, -0.2) is 30.9 Å². The molecule has 1 aromatic heterocycles. The van der Waals surface area contributed by atoms with E-state index in [2.05, 4.69) is 10.6 Å². The van der Waals surface area contributed by atoms with Crippen LogP contribution >= 0.6 is 11.3 Å². The Morgan fingerprint density at radius 2 is 2.33 bits per heavy atom. The normalized spacial score (nSPS) is 18.3. The lowest BCUT2D eigenvalue weighted by Crippen LogP contribution is -2.52. The zero-order valence-electron chi connectivity index (χ0n) is 11.6. The number of carbonyl (C=O) groups excluding carboxylic acids is 3. The number of hydrogen-bond acceptors (Lipinski definition) is 6. The van der Waals surface area contributed by atoms with Gasteiger partial charge in [0.1, 0.15) is 11.8 Å². The maximum absolute atomic E-state index is 12.0. The van der Waals surface area contributed by atoms with Crippen LogP contribution in [0.25, 0.3) is 0 Å². The summed E-state index contributed by atoms with van der Waals surface area (Å²) in [5, 5.41) is 6.66. The molecule has 1 aliphatic rings. The standard InChI is InChI=1S/C13H17N3O4S/c1-20-12-7(6-21-9(12)5-14)4-11(18)15-8-2-3-10(17)16-13(8)19/h6,8H,2-5,14H2,1H3,(H,15,18)(H,16,17,19). The molecule has 0 radical (unpaired) electrons. The second kappa shape index (κ2) is 6.68. The van der Waals surface area contributed by atoms with Crippen molar-refractivity contribution in [3.63, 3.8) is 0 Å². The van der Waals surface area contributed by atoms with Crippen molar-refractivity contribution < 1.29 is 19.1 Å². The van der Waals surface area contributed by atoms with E-state index in [1.807, 2.05) is 5.38 Å². The van der Waals surface area contributed by atoms with Crippen LogP contribution in [0.15, 0.2) is 5.38 Å². The van der Waals surface area contributed by atoms with Crippen LogP contribution in [0.5, 0.6) is 5.75 Å². The lowest BCUT2D eigenvalue weighted by molar-refractivity contribution is -0.137. The molecule has 3 amide bonds. The van der Waals surface area contributed by atoms with E-state index < -0.39 is 11.9 Å². The zero-order chi connectivity index (χ0) is 15.4. The van der Waals surface area contributed by atoms with Gasteiger partial charge in [0.2, 0.25) is 17.7 Å². The van der Waals surface area contributed by atoms with E-state index in [4.69, 9.17) is 10.5 Å². The molecule has 2 rings (SSSR count). The highest BCUT2D eigenvalue weighted by atomic mass is 32.1. The number of nitrogens with one attached hydrogen (secondary N) is 2. The second-order valence-corrected chi connectivity index (χ2v) is 5.63. The molecule has 0 aliphatic carbocycles. The summed E-state index contributed by atoms with van der Waals surface area (Å²) < 4.78 is 5.26. The first kappa shape index (κ1) is 15.5. The van der Waals surface area contributed by atoms with E-state index in [0.717, 1.165) is 10.4 Å². The van der Waals surface area contributed by atoms with Gasteiger partial charge in [0, 0.05) is 18.5 Å². The molecule has 1 aromatic rings. The summed E-state index contributed by atoms with van der Waals surface area (Å²) in [5.74, 6) is -0.429. The Morgan fingerprint density at radius 1 is 1.57 bits per heavy atom. The van der Waals surface area contributed by atoms with Crippen molar-refractivity contribution in [2.24, 2.45) is 5.73 Å². The number of methoxy groups -OCH3 is 1. The third-order valence-corrected chi connectivity index (χ3v) is 4.24. The molecule has 1 fully saturated rings. The maximum Gasteiger partial charge on any atom is 0.249 e. The Balaban J connectivity index is 1.97. The molecular formula is C13H17N3O4S. The largest absolute Gasteiger partial charge is 0.495 e. The molecule has 1 atom stereocenters. The van der Waals surface area contributed by atoms with E-state index in [1.165, 1.54) is 18.4 Å². The average molecular weight is 311 g/mol. The number of imide groups is 1. The first-order chi connectivity index (χ1) is 10.0. The molecule has 114 valence electrons. The molecule has 1 aliphatic heterocycles. The summed E-state index contributed by atoms with van der Waals surface area (Å²) in [6.45, 7) is 0.350. The molecular weight excluding hydrogens is 294 g/mol. The number of carbonyl (C=O) groups is 3. The Kier molecular flexibility index (Phi) is 4.92. The molecule has 0 spiro atoms. The molecule has 21 heavy (non-hydrogen) atoms. The third-order valence-electron chi connectivity index (χ3n) is 3.20. The molecule has 7 nitrogen and oxygen atoms in total. The van der Waals surface area contributed by atoms with Crippen molar-refractivity contribution in [3.05, 3.63) is 15.8 Å².